The van der Waals surface area contributed by atoms with Crippen LogP contribution >= 0.6 is 0 Å². The van der Waals surface area contributed by atoms with Crippen molar-refractivity contribution in [2.45, 2.75) is 6.54 Å². The van der Waals surface area contributed by atoms with Gasteiger partial charge in [0.1, 0.15) is 11.8 Å². The van der Waals surface area contributed by atoms with E-state index in [-0.39, 0.29) is 0 Å². The molecule has 0 unspecified atom stereocenters. The fraction of sp³-hybridized carbons (Fsp3) is 0.188. The summed E-state index contributed by atoms with van der Waals surface area (Å²) in [6.45, 7) is 0.728. The van der Waals surface area contributed by atoms with Gasteiger partial charge in [-0.2, -0.15) is 5.26 Å². The van der Waals surface area contributed by atoms with Crippen molar-refractivity contribution >= 4 is 11.4 Å². The van der Waals surface area contributed by atoms with Crippen LogP contribution in [0.3, 0.4) is 0 Å². The van der Waals surface area contributed by atoms with Gasteiger partial charge in [-0.25, -0.2) is 0 Å². The summed E-state index contributed by atoms with van der Waals surface area (Å²) in [5, 5.41) is 8.97. The number of nitrogen functional groups attached to an aromatic ring is 1. The van der Waals surface area contributed by atoms with Gasteiger partial charge < -0.3 is 15.4 Å². The quantitative estimate of drug-likeness (QED) is 0.865. The molecule has 0 aliphatic rings. The largest absolute Gasteiger partial charge is 0.495 e. The molecule has 0 saturated carbocycles. The Morgan fingerprint density at radius 3 is 2.50 bits per heavy atom. The normalized spacial score (nSPS) is 9.85. The third-order valence-electron chi connectivity index (χ3n) is 3.14. The van der Waals surface area contributed by atoms with Crippen LogP contribution in [0, 0.1) is 11.3 Å². The van der Waals surface area contributed by atoms with Crippen LogP contribution in [0.1, 0.15) is 11.1 Å². The molecule has 102 valence electrons. The fourth-order valence-corrected chi connectivity index (χ4v) is 2.02. The number of hydrogen-bond donors (Lipinski definition) is 1. The summed E-state index contributed by atoms with van der Waals surface area (Å²) < 4.78 is 5.22. The smallest absolute Gasteiger partial charge is 0.136 e. The van der Waals surface area contributed by atoms with E-state index >= 15 is 0 Å². The third kappa shape index (κ3) is 3.01. The minimum absolute atomic E-state index is 0.548. The number of benzene rings is 2. The lowest BCUT2D eigenvalue weighted by atomic mass is 10.1. The highest BCUT2D eigenvalue weighted by atomic mass is 16.5. The lowest BCUT2D eigenvalue weighted by Gasteiger charge is -2.20. The van der Waals surface area contributed by atoms with Gasteiger partial charge in [-0.05, 0) is 42.0 Å². The first-order valence-electron chi connectivity index (χ1n) is 6.27. The van der Waals surface area contributed by atoms with Crippen LogP contribution in [0.5, 0.6) is 5.75 Å². The molecule has 0 bridgehead atoms. The minimum atomic E-state index is 0.548. The Bertz CT molecular complexity index is 629. The van der Waals surface area contributed by atoms with Gasteiger partial charge in [-0.3, -0.25) is 0 Å². The fourth-order valence-electron chi connectivity index (χ4n) is 2.02. The average Bonchev–Trinajstić information content (AvgIpc) is 2.47. The van der Waals surface area contributed by atoms with Gasteiger partial charge in [0.15, 0.2) is 0 Å². The first kappa shape index (κ1) is 13.8. The van der Waals surface area contributed by atoms with Crippen molar-refractivity contribution in [1.82, 2.24) is 0 Å². The van der Waals surface area contributed by atoms with E-state index in [9.17, 15) is 0 Å². The van der Waals surface area contributed by atoms with E-state index in [4.69, 9.17) is 15.7 Å². The van der Waals surface area contributed by atoms with Crippen LogP contribution in [-0.4, -0.2) is 14.2 Å². The van der Waals surface area contributed by atoms with E-state index in [1.807, 2.05) is 43.4 Å². The highest BCUT2D eigenvalue weighted by Gasteiger charge is 2.06. The molecule has 2 N–H and O–H groups in total. The van der Waals surface area contributed by atoms with Crippen molar-refractivity contribution < 1.29 is 4.74 Å². The molecule has 0 atom stereocenters. The number of ether oxygens (including phenoxy) is 1. The summed E-state index contributed by atoms with van der Waals surface area (Å²) in [5.74, 6) is 0.607. The van der Waals surface area contributed by atoms with Crippen LogP contribution in [0.15, 0.2) is 42.5 Å². The molecule has 0 aromatic heterocycles. The molecule has 0 radical (unpaired) electrons. The Morgan fingerprint density at radius 2 is 1.90 bits per heavy atom. The Labute approximate surface area is 119 Å². The highest BCUT2D eigenvalue weighted by Crippen LogP contribution is 2.22. The molecular formula is C16H17N3O. The van der Waals surface area contributed by atoms with Crippen LogP contribution in [0.2, 0.25) is 0 Å². The van der Waals surface area contributed by atoms with Gasteiger partial charge in [0.05, 0.1) is 12.7 Å². The summed E-state index contributed by atoms with van der Waals surface area (Å²) in [5.41, 5.74) is 9.15. The number of nitriles is 1. The average molecular weight is 267 g/mol. The van der Waals surface area contributed by atoms with Gasteiger partial charge in [-0.15, -0.1) is 0 Å². The molecule has 0 heterocycles. The minimum Gasteiger partial charge on any atom is -0.495 e. The van der Waals surface area contributed by atoms with Gasteiger partial charge in [0.25, 0.3) is 0 Å². The number of hydrogen-bond acceptors (Lipinski definition) is 4. The molecular weight excluding hydrogens is 250 g/mol. The van der Waals surface area contributed by atoms with Crippen molar-refractivity contribution in [2.24, 2.45) is 0 Å². The molecule has 2 aromatic carbocycles. The maximum atomic E-state index is 8.97. The van der Waals surface area contributed by atoms with Gasteiger partial charge in [-0.1, -0.05) is 6.07 Å². The van der Waals surface area contributed by atoms with E-state index in [0.29, 0.717) is 11.3 Å². The second kappa shape index (κ2) is 5.98. The first-order chi connectivity index (χ1) is 9.63. The number of methoxy groups -OCH3 is 1. The van der Waals surface area contributed by atoms with Crippen LogP contribution in [0.25, 0.3) is 0 Å². The molecule has 2 aromatic rings. The zero-order chi connectivity index (χ0) is 14.5. The van der Waals surface area contributed by atoms with Crippen molar-refractivity contribution in [3.8, 4) is 11.8 Å². The van der Waals surface area contributed by atoms with Gasteiger partial charge in [0.2, 0.25) is 0 Å². The Balaban J connectivity index is 2.17. The second-order valence-corrected chi connectivity index (χ2v) is 4.59. The number of rotatable bonds is 4. The molecule has 20 heavy (non-hydrogen) atoms. The molecule has 0 spiro atoms. The maximum absolute atomic E-state index is 8.97. The molecule has 0 aliphatic heterocycles. The summed E-state index contributed by atoms with van der Waals surface area (Å²) in [6.07, 6.45) is 0. The monoisotopic (exact) mass is 267 g/mol. The predicted octanol–water partition coefficient (Wildman–Crippen LogP) is 2.79. The van der Waals surface area contributed by atoms with Crippen LogP contribution in [0.4, 0.5) is 11.4 Å². The molecule has 0 fully saturated rings. The SMILES string of the molecule is COc1cc(CN(C)c2ccc(N)cc2)ccc1C#N. The molecule has 0 amide bonds. The van der Waals surface area contributed by atoms with Crippen molar-refractivity contribution in [3.63, 3.8) is 0 Å². The molecule has 4 nitrogen and oxygen atoms in total. The predicted molar refractivity (Wildman–Crippen MR) is 80.7 cm³/mol. The van der Waals surface area contributed by atoms with E-state index in [1.54, 1.807) is 13.2 Å². The number of nitrogens with zero attached hydrogens (tertiary/aromatic N) is 2. The second-order valence-electron chi connectivity index (χ2n) is 4.59. The zero-order valence-electron chi connectivity index (χ0n) is 11.6. The van der Waals surface area contributed by atoms with Gasteiger partial charge >= 0.3 is 0 Å². The van der Waals surface area contributed by atoms with Crippen LogP contribution < -0.4 is 15.4 Å². The first-order valence-corrected chi connectivity index (χ1v) is 6.27. The molecule has 2 rings (SSSR count). The van der Waals surface area contributed by atoms with E-state index in [2.05, 4.69) is 11.0 Å². The lowest BCUT2D eigenvalue weighted by Crippen LogP contribution is -2.16. The number of nitrogens with two attached hydrogens (primary N) is 1. The lowest BCUT2D eigenvalue weighted by molar-refractivity contribution is 0.413. The van der Waals surface area contributed by atoms with Crippen LogP contribution in [-0.2, 0) is 6.54 Å². The zero-order valence-corrected chi connectivity index (χ0v) is 11.6. The standard InChI is InChI=1S/C16H17N3O/c1-19(15-7-5-14(18)6-8-15)11-12-3-4-13(10-17)16(9-12)20-2/h3-9H,11,18H2,1-2H3. The Hall–Kier alpha value is -2.67. The van der Waals surface area contributed by atoms with Crippen molar-refractivity contribution in [1.29, 1.82) is 5.26 Å². The van der Waals surface area contributed by atoms with E-state index in [1.165, 1.54) is 0 Å². The third-order valence-corrected chi connectivity index (χ3v) is 3.14. The summed E-state index contributed by atoms with van der Waals surface area (Å²) in [7, 11) is 3.58. The maximum Gasteiger partial charge on any atom is 0.136 e. The molecule has 4 heteroatoms. The van der Waals surface area contributed by atoms with E-state index < -0.39 is 0 Å². The van der Waals surface area contributed by atoms with Gasteiger partial charge in [0, 0.05) is 25.0 Å². The number of anilines is 2. The van der Waals surface area contributed by atoms with E-state index in [0.717, 1.165) is 23.5 Å². The van der Waals surface area contributed by atoms with Crippen molar-refractivity contribution in [2.75, 3.05) is 24.8 Å². The summed E-state index contributed by atoms with van der Waals surface area (Å²) >= 11 is 0. The summed E-state index contributed by atoms with van der Waals surface area (Å²) in [6, 6.07) is 15.5. The van der Waals surface area contributed by atoms with Crippen molar-refractivity contribution in [3.05, 3.63) is 53.6 Å². The Kier molecular flexibility index (Phi) is 4.11. The highest BCUT2D eigenvalue weighted by molar-refractivity contribution is 5.53. The Morgan fingerprint density at radius 1 is 1.20 bits per heavy atom. The molecule has 0 aliphatic carbocycles. The topological polar surface area (TPSA) is 62.3 Å². The molecule has 0 saturated heterocycles. The summed E-state index contributed by atoms with van der Waals surface area (Å²) in [4.78, 5) is 2.11.